The number of pyridine rings is 1. The summed E-state index contributed by atoms with van der Waals surface area (Å²) in [6, 6.07) is 53.3. The molecular formula is C50H28N4O3. The lowest BCUT2D eigenvalue weighted by Gasteiger charge is -2.11. The number of furan rings is 3. The maximum atomic E-state index is 6.73. The molecule has 0 spiro atoms. The fourth-order valence-electron chi connectivity index (χ4n) is 8.10. The van der Waals surface area contributed by atoms with Crippen LogP contribution in [0.15, 0.2) is 183 Å². The Balaban J connectivity index is 1.07. The van der Waals surface area contributed by atoms with E-state index in [1.165, 1.54) is 0 Å². The van der Waals surface area contributed by atoms with Crippen LogP contribution in [0.25, 0.3) is 122 Å². The van der Waals surface area contributed by atoms with E-state index in [1.807, 2.05) is 79.0 Å². The predicted octanol–water partition coefficient (Wildman–Crippen LogP) is 13.3. The van der Waals surface area contributed by atoms with E-state index in [-0.39, 0.29) is 0 Å². The number of fused-ring (bicyclic) bond motifs is 9. The van der Waals surface area contributed by atoms with Gasteiger partial charge in [0.25, 0.3) is 0 Å². The van der Waals surface area contributed by atoms with Gasteiger partial charge in [0, 0.05) is 67.0 Å². The van der Waals surface area contributed by atoms with Gasteiger partial charge in [-0.2, -0.15) is 0 Å². The molecule has 5 aromatic heterocycles. The lowest BCUT2D eigenvalue weighted by Crippen LogP contribution is -2.00. The largest absolute Gasteiger partial charge is 0.456 e. The third kappa shape index (κ3) is 5.06. The number of para-hydroxylation sites is 3. The molecule has 0 saturated carbocycles. The minimum Gasteiger partial charge on any atom is -0.456 e. The van der Waals surface area contributed by atoms with Gasteiger partial charge in [-0.15, -0.1) is 0 Å². The molecule has 0 atom stereocenters. The molecule has 0 aliphatic heterocycles. The third-order valence-electron chi connectivity index (χ3n) is 10.9. The topological polar surface area (TPSA) is 91.0 Å². The van der Waals surface area contributed by atoms with Crippen LogP contribution in [0.1, 0.15) is 0 Å². The Morgan fingerprint density at radius 2 is 0.912 bits per heavy atom. The summed E-state index contributed by atoms with van der Waals surface area (Å²) in [4.78, 5) is 19.8. The molecule has 0 bridgehead atoms. The van der Waals surface area contributed by atoms with Crippen molar-refractivity contribution < 1.29 is 13.3 Å². The zero-order valence-corrected chi connectivity index (χ0v) is 30.2. The standard InChI is InChI=1S/C50H28N4O3/c1-4-12-41-35(9-1)37-21-19-32(27-45(37)56-41)49-52-48(30-17-15-29(16-18-30)33-8-7-25-51-28-33)53-50(54-49)39-23-22-34(47-46(39)38-11-3-6-14-43(38)57-47)31-20-24-44-40(26-31)36-10-2-5-13-42(36)55-44/h1-28H. The van der Waals surface area contributed by atoms with E-state index >= 15 is 0 Å². The molecule has 0 aliphatic carbocycles. The molecule has 57 heavy (non-hydrogen) atoms. The van der Waals surface area contributed by atoms with Crippen molar-refractivity contribution >= 4 is 65.8 Å². The van der Waals surface area contributed by atoms with Gasteiger partial charge in [0.2, 0.25) is 0 Å². The monoisotopic (exact) mass is 732 g/mol. The molecule has 0 N–H and O–H groups in total. The summed E-state index contributed by atoms with van der Waals surface area (Å²) in [5.41, 5.74) is 11.5. The van der Waals surface area contributed by atoms with Gasteiger partial charge >= 0.3 is 0 Å². The van der Waals surface area contributed by atoms with Crippen LogP contribution in [-0.2, 0) is 0 Å². The number of aromatic nitrogens is 4. The summed E-state index contributed by atoms with van der Waals surface area (Å²) < 4.78 is 19.2. The van der Waals surface area contributed by atoms with Crippen molar-refractivity contribution in [2.45, 2.75) is 0 Å². The van der Waals surface area contributed by atoms with Crippen LogP contribution in [0.2, 0.25) is 0 Å². The quantitative estimate of drug-likeness (QED) is 0.174. The molecule has 0 fully saturated rings. The van der Waals surface area contributed by atoms with Gasteiger partial charge in [0.05, 0.1) is 0 Å². The van der Waals surface area contributed by atoms with Crippen molar-refractivity contribution in [2.75, 3.05) is 0 Å². The second kappa shape index (κ2) is 12.3. The molecule has 7 heteroatoms. The lowest BCUT2D eigenvalue weighted by molar-refractivity contribution is 0.668. The molecule has 12 rings (SSSR count). The van der Waals surface area contributed by atoms with Gasteiger partial charge < -0.3 is 13.3 Å². The van der Waals surface area contributed by atoms with E-state index in [1.54, 1.807) is 6.20 Å². The Labute approximate surface area is 324 Å². The van der Waals surface area contributed by atoms with E-state index in [0.29, 0.717) is 17.5 Å². The Hall–Kier alpha value is -7.90. The highest BCUT2D eigenvalue weighted by Crippen LogP contribution is 2.43. The smallest absolute Gasteiger partial charge is 0.164 e. The van der Waals surface area contributed by atoms with Crippen molar-refractivity contribution in [3.8, 4) is 56.4 Å². The average molecular weight is 733 g/mol. The van der Waals surface area contributed by atoms with Gasteiger partial charge in [-0.1, -0.05) is 97.1 Å². The number of hydrogen-bond donors (Lipinski definition) is 0. The molecule has 7 aromatic carbocycles. The molecule has 0 amide bonds. The summed E-state index contributed by atoms with van der Waals surface area (Å²) in [7, 11) is 0. The summed E-state index contributed by atoms with van der Waals surface area (Å²) in [6.45, 7) is 0. The second-order valence-corrected chi connectivity index (χ2v) is 14.2. The van der Waals surface area contributed by atoms with Crippen molar-refractivity contribution in [1.82, 2.24) is 19.9 Å². The number of nitrogens with zero attached hydrogens (tertiary/aromatic N) is 4. The average Bonchev–Trinajstić information content (AvgIpc) is 3.97. The van der Waals surface area contributed by atoms with Gasteiger partial charge in [0.15, 0.2) is 17.5 Å². The van der Waals surface area contributed by atoms with Crippen LogP contribution in [0.3, 0.4) is 0 Å². The zero-order valence-electron chi connectivity index (χ0n) is 30.2. The molecule has 0 saturated heterocycles. The normalized spacial score (nSPS) is 11.9. The Morgan fingerprint density at radius 3 is 1.68 bits per heavy atom. The van der Waals surface area contributed by atoms with Gasteiger partial charge in [-0.05, 0) is 77.4 Å². The van der Waals surface area contributed by atoms with E-state index < -0.39 is 0 Å². The second-order valence-electron chi connectivity index (χ2n) is 14.2. The molecule has 7 nitrogen and oxygen atoms in total. The van der Waals surface area contributed by atoms with Gasteiger partial charge in [0.1, 0.15) is 33.5 Å². The maximum Gasteiger partial charge on any atom is 0.164 e. The Kier molecular flexibility index (Phi) is 6.79. The highest BCUT2D eigenvalue weighted by atomic mass is 16.3. The first-order valence-corrected chi connectivity index (χ1v) is 18.8. The Bertz CT molecular complexity index is 3530. The van der Waals surface area contributed by atoms with Gasteiger partial charge in [-0.25, -0.2) is 15.0 Å². The molecule has 0 unspecified atom stereocenters. The molecular weight excluding hydrogens is 705 g/mol. The first-order valence-electron chi connectivity index (χ1n) is 18.8. The first-order chi connectivity index (χ1) is 28.2. The first kappa shape index (κ1) is 31.5. The number of rotatable bonds is 5. The van der Waals surface area contributed by atoms with E-state index in [0.717, 1.165) is 105 Å². The number of benzene rings is 7. The fourth-order valence-corrected chi connectivity index (χ4v) is 8.10. The summed E-state index contributed by atoms with van der Waals surface area (Å²) in [5.74, 6) is 1.63. The van der Waals surface area contributed by atoms with E-state index in [2.05, 4.69) is 89.9 Å². The highest BCUT2D eigenvalue weighted by Gasteiger charge is 2.22. The van der Waals surface area contributed by atoms with E-state index in [9.17, 15) is 0 Å². The summed E-state index contributed by atoms with van der Waals surface area (Å²) in [6.07, 6.45) is 3.64. The lowest BCUT2D eigenvalue weighted by atomic mass is 9.97. The molecule has 266 valence electrons. The SMILES string of the molecule is c1cncc(-c2ccc(-c3nc(-c4ccc5c(c4)oc4ccccc45)nc(-c4ccc(-c5ccc6oc7ccccc7c6c5)c5oc6ccccc6c45)n3)cc2)c1. The minimum atomic E-state index is 0.537. The van der Waals surface area contributed by atoms with E-state index in [4.69, 9.17) is 28.2 Å². The van der Waals surface area contributed by atoms with Crippen molar-refractivity contribution in [1.29, 1.82) is 0 Å². The van der Waals surface area contributed by atoms with Crippen LogP contribution in [0, 0.1) is 0 Å². The van der Waals surface area contributed by atoms with Crippen LogP contribution < -0.4 is 0 Å². The molecule has 5 heterocycles. The number of hydrogen-bond acceptors (Lipinski definition) is 7. The third-order valence-corrected chi connectivity index (χ3v) is 10.9. The van der Waals surface area contributed by atoms with Gasteiger partial charge in [-0.3, -0.25) is 4.98 Å². The fraction of sp³-hybridized carbons (Fsp3) is 0. The van der Waals surface area contributed by atoms with Crippen LogP contribution >= 0.6 is 0 Å². The van der Waals surface area contributed by atoms with Crippen LogP contribution in [-0.4, -0.2) is 19.9 Å². The molecule has 0 aliphatic rings. The van der Waals surface area contributed by atoms with Crippen molar-refractivity contribution in [2.24, 2.45) is 0 Å². The van der Waals surface area contributed by atoms with Crippen molar-refractivity contribution in [3.63, 3.8) is 0 Å². The zero-order chi connectivity index (χ0) is 37.5. The summed E-state index contributed by atoms with van der Waals surface area (Å²) in [5, 5.41) is 6.15. The maximum absolute atomic E-state index is 6.73. The highest BCUT2D eigenvalue weighted by molar-refractivity contribution is 6.16. The van der Waals surface area contributed by atoms with Crippen LogP contribution in [0.5, 0.6) is 0 Å². The van der Waals surface area contributed by atoms with Crippen LogP contribution in [0.4, 0.5) is 0 Å². The Morgan fingerprint density at radius 1 is 0.333 bits per heavy atom. The molecule has 12 aromatic rings. The predicted molar refractivity (Wildman–Crippen MR) is 227 cm³/mol. The molecule has 0 radical (unpaired) electrons. The minimum absolute atomic E-state index is 0.537. The summed E-state index contributed by atoms with van der Waals surface area (Å²) >= 11 is 0. The van der Waals surface area contributed by atoms with Crippen molar-refractivity contribution in [3.05, 3.63) is 170 Å².